The molecule has 0 bridgehead atoms. The van der Waals surface area contributed by atoms with Crippen molar-refractivity contribution < 1.29 is 19.4 Å². The fraction of sp³-hybridized carbons (Fsp3) is 0.412. The molecule has 0 spiro atoms. The van der Waals surface area contributed by atoms with E-state index in [1.54, 1.807) is 36.6 Å². The van der Waals surface area contributed by atoms with E-state index >= 15 is 0 Å². The van der Waals surface area contributed by atoms with Crippen molar-refractivity contribution in [1.29, 1.82) is 0 Å². The van der Waals surface area contributed by atoms with E-state index < -0.39 is 6.10 Å². The highest BCUT2D eigenvalue weighted by atomic mass is 32.1. The number of aliphatic hydroxyl groups excluding tert-OH is 1. The summed E-state index contributed by atoms with van der Waals surface area (Å²) in [7, 11) is 3.12. The standard InChI is InChI=1S/C17H21N3O4S/c1-23-13-3-4-14(24-2)16-10(13)7-20(8-12(16)21)17(22)11-9-25-15(19-11)5-6-18/h3-4,9,12,21H,5-8,18H2,1-2H3. The number of nitrogens with zero attached hydrogens (tertiary/aromatic N) is 2. The first-order valence-corrected chi connectivity index (χ1v) is 8.82. The number of nitrogens with two attached hydrogens (primary N) is 1. The Hall–Kier alpha value is -2.16. The van der Waals surface area contributed by atoms with Gasteiger partial charge in [0.2, 0.25) is 0 Å². The van der Waals surface area contributed by atoms with Gasteiger partial charge in [-0.15, -0.1) is 11.3 Å². The maximum Gasteiger partial charge on any atom is 0.273 e. The van der Waals surface area contributed by atoms with Gasteiger partial charge in [0.1, 0.15) is 23.3 Å². The number of aliphatic hydroxyl groups is 1. The van der Waals surface area contributed by atoms with E-state index in [0.29, 0.717) is 42.3 Å². The number of hydrogen-bond acceptors (Lipinski definition) is 7. The van der Waals surface area contributed by atoms with Gasteiger partial charge in [-0.3, -0.25) is 4.79 Å². The summed E-state index contributed by atoms with van der Waals surface area (Å²) < 4.78 is 10.7. The molecule has 0 aliphatic carbocycles. The lowest BCUT2D eigenvalue weighted by atomic mass is 9.95. The molecule has 1 aliphatic heterocycles. The summed E-state index contributed by atoms with van der Waals surface area (Å²) in [5.41, 5.74) is 7.34. The lowest BCUT2D eigenvalue weighted by molar-refractivity contribution is 0.0534. The van der Waals surface area contributed by atoms with E-state index in [9.17, 15) is 9.90 Å². The van der Waals surface area contributed by atoms with Gasteiger partial charge in [-0.1, -0.05) is 0 Å². The number of aromatic nitrogens is 1. The highest BCUT2D eigenvalue weighted by Crippen LogP contribution is 2.39. The predicted molar refractivity (Wildman–Crippen MR) is 94.1 cm³/mol. The summed E-state index contributed by atoms with van der Waals surface area (Å²) in [5.74, 6) is 0.998. The molecule has 0 radical (unpaired) electrons. The molecule has 1 unspecified atom stereocenters. The fourth-order valence-electron chi connectivity index (χ4n) is 3.04. The van der Waals surface area contributed by atoms with Gasteiger partial charge >= 0.3 is 0 Å². The number of thiazole rings is 1. The van der Waals surface area contributed by atoms with Crippen LogP contribution in [-0.2, 0) is 13.0 Å². The average Bonchev–Trinajstić information content (AvgIpc) is 3.08. The minimum Gasteiger partial charge on any atom is -0.496 e. The topological polar surface area (TPSA) is 97.9 Å². The lowest BCUT2D eigenvalue weighted by Gasteiger charge is -2.33. The van der Waals surface area contributed by atoms with Gasteiger partial charge in [0.15, 0.2) is 0 Å². The van der Waals surface area contributed by atoms with E-state index in [4.69, 9.17) is 15.2 Å². The molecule has 7 nitrogen and oxygen atoms in total. The number of fused-ring (bicyclic) bond motifs is 1. The van der Waals surface area contributed by atoms with Crippen LogP contribution in [0.2, 0.25) is 0 Å². The summed E-state index contributed by atoms with van der Waals surface area (Å²) in [6.07, 6.45) is -0.200. The van der Waals surface area contributed by atoms with E-state index in [1.165, 1.54) is 11.3 Å². The van der Waals surface area contributed by atoms with Crippen molar-refractivity contribution in [3.63, 3.8) is 0 Å². The third-order valence-corrected chi connectivity index (χ3v) is 5.11. The number of β-amino-alcohol motifs (C(OH)–C–C–N with tert-alkyl or cyclic N) is 1. The van der Waals surface area contributed by atoms with Crippen LogP contribution in [0, 0.1) is 0 Å². The molecule has 2 aromatic rings. The van der Waals surface area contributed by atoms with E-state index in [2.05, 4.69) is 4.98 Å². The van der Waals surface area contributed by atoms with Gasteiger partial charge in [-0.2, -0.15) is 0 Å². The van der Waals surface area contributed by atoms with Crippen LogP contribution in [0.4, 0.5) is 0 Å². The quantitative estimate of drug-likeness (QED) is 0.832. The van der Waals surface area contributed by atoms with Gasteiger partial charge in [-0.25, -0.2) is 4.98 Å². The third kappa shape index (κ3) is 3.33. The molecular formula is C17H21N3O4S. The largest absolute Gasteiger partial charge is 0.496 e. The van der Waals surface area contributed by atoms with Crippen molar-refractivity contribution in [3.05, 3.63) is 39.3 Å². The smallest absolute Gasteiger partial charge is 0.273 e. The molecule has 1 aliphatic rings. The highest BCUT2D eigenvalue weighted by molar-refractivity contribution is 7.09. The monoisotopic (exact) mass is 363 g/mol. The van der Waals surface area contributed by atoms with Crippen molar-refractivity contribution in [3.8, 4) is 11.5 Å². The second kappa shape index (κ2) is 7.38. The Labute approximate surface area is 150 Å². The predicted octanol–water partition coefficient (Wildman–Crippen LogP) is 1.35. The molecule has 1 aromatic carbocycles. The van der Waals surface area contributed by atoms with Gasteiger partial charge in [0.25, 0.3) is 5.91 Å². The number of ether oxygens (including phenoxy) is 2. The number of carbonyl (C=O) groups is 1. The highest BCUT2D eigenvalue weighted by Gasteiger charge is 2.33. The van der Waals surface area contributed by atoms with Gasteiger partial charge in [-0.05, 0) is 18.7 Å². The molecule has 1 atom stereocenters. The SMILES string of the molecule is COc1ccc(OC)c2c1CN(C(=O)c1csc(CCN)n1)CC2O. The first kappa shape index (κ1) is 17.7. The van der Waals surface area contributed by atoms with Crippen LogP contribution < -0.4 is 15.2 Å². The Bertz CT molecular complexity index is 777. The number of benzene rings is 1. The Balaban J connectivity index is 1.90. The number of carbonyl (C=O) groups excluding carboxylic acids is 1. The third-order valence-electron chi connectivity index (χ3n) is 4.21. The van der Waals surface area contributed by atoms with Crippen LogP contribution >= 0.6 is 11.3 Å². The van der Waals surface area contributed by atoms with Crippen LogP contribution in [0.5, 0.6) is 11.5 Å². The molecule has 0 saturated heterocycles. The van der Waals surface area contributed by atoms with Crippen molar-refractivity contribution in [2.24, 2.45) is 5.73 Å². The first-order chi connectivity index (χ1) is 12.1. The molecule has 1 amide bonds. The fourth-order valence-corrected chi connectivity index (χ4v) is 3.83. The molecule has 0 fully saturated rings. The maximum atomic E-state index is 12.8. The van der Waals surface area contributed by atoms with E-state index in [-0.39, 0.29) is 12.5 Å². The van der Waals surface area contributed by atoms with Crippen LogP contribution in [0.3, 0.4) is 0 Å². The molecular weight excluding hydrogens is 342 g/mol. The Morgan fingerprint density at radius 3 is 2.80 bits per heavy atom. The summed E-state index contributed by atoms with van der Waals surface area (Å²) in [6, 6.07) is 3.54. The Morgan fingerprint density at radius 2 is 2.12 bits per heavy atom. The number of hydrogen-bond donors (Lipinski definition) is 2. The number of amides is 1. The van der Waals surface area contributed by atoms with Crippen molar-refractivity contribution in [1.82, 2.24) is 9.88 Å². The molecule has 1 aromatic heterocycles. The zero-order valence-corrected chi connectivity index (χ0v) is 15.0. The molecule has 8 heteroatoms. The minimum absolute atomic E-state index is 0.180. The summed E-state index contributed by atoms with van der Waals surface area (Å²) in [5, 5.41) is 13.2. The molecule has 3 N–H and O–H groups in total. The molecule has 25 heavy (non-hydrogen) atoms. The maximum absolute atomic E-state index is 12.8. The number of methoxy groups -OCH3 is 2. The van der Waals surface area contributed by atoms with Crippen LogP contribution in [0.1, 0.15) is 32.7 Å². The van der Waals surface area contributed by atoms with Gasteiger partial charge in [0, 0.05) is 22.9 Å². The summed E-state index contributed by atoms with van der Waals surface area (Å²) in [6.45, 7) is 1.00. The van der Waals surface area contributed by atoms with Crippen molar-refractivity contribution in [2.75, 3.05) is 27.3 Å². The van der Waals surface area contributed by atoms with E-state index in [1.807, 2.05) is 0 Å². The molecule has 0 saturated carbocycles. The van der Waals surface area contributed by atoms with Crippen LogP contribution in [0.25, 0.3) is 0 Å². The summed E-state index contributed by atoms with van der Waals surface area (Å²) >= 11 is 1.42. The van der Waals surface area contributed by atoms with Crippen LogP contribution in [0.15, 0.2) is 17.5 Å². The summed E-state index contributed by atoms with van der Waals surface area (Å²) in [4.78, 5) is 18.7. The second-order valence-electron chi connectivity index (χ2n) is 5.73. The number of rotatable bonds is 5. The molecule has 3 rings (SSSR count). The minimum atomic E-state index is -0.847. The molecule has 134 valence electrons. The average molecular weight is 363 g/mol. The Kier molecular flexibility index (Phi) is 5.22. The van der Waals surface area contributed by atoms with Gasteiger partial charge in [0.05, 0.1) is 32.3 Å². The van der Waals surface area contributed by atoms with Crippen molar-refractivity contribution >= 4 is 17.2 Å². The van der Waals surface area contributed by atoms with E-state index in [0.717, 1.165) is 10.6 Å². The van der Waals surface area contributed by atoms with Gasteiger partial charge < -0.3 is 25.2 Å². The molecule has 2 heterocycles. The Morgan fingerprint density at radius 1 is 1.40 bits per heavy atom. The van der Waals surface area contributed by atoms with Crippen LogP contribution in [-0.4, -0.2) is 48.2 Å². The zero-order chi connectivity index (χ0) is 18.0. The lowest BCUT2D eigenvalue weighted by Crippen LogP contribution is -2.38. The normalized spacial score (nSPS) is 16.5. The zero-order valence-electron chi connectivity index (χ0n) is 14.2. The first-order valence-electron chi connectivity index (χ1n) is 7.94. The second-order valence-corrected chi connectivity index (χ2v) is 6.67. The van der Waals surface area contributed by atoms with Crippen molar-refractivity contribution in [2.45, 2.75) is 19.1 Å².